The molecule has 1 aliphatic heterocycles. The molecule has 4 aromatic rings. The molecule has 5 rings (SSSR count). The SMILES string of the molecule is Cn1cc(-c2cc(N3C(=O)CCC3=O)ccc2Oc2ccc(Br)c(F)c2)c2cc[nH]c(=O)c21. The zero-order valence-corrected chi connectivity index (χ0v) is 19.0. The molecule has 0 atom stereocenters. The van der Waals surface area contributed by atoms with Crippen LogP contribution in [0.4, 0.5) is 10.1 Å². The molecule has 0 spiro atoms. The van der Waals surface area contributed by atoms with E-state index in [1.165, 1.54) is 12.1 Å². The predicted molar refractivity (Wildman–Crippen MR) is 125 cm³/mol. The number of hydrogen-bond acceptors (Lipinski definition) is 4. The molecular formula is C24H17BrFN3O4. The maximum atomic E-state index is 14.1. The summed E-state index contributed by atoms with van der Waals surface area (Å²) in [6, 6.07) is 11.1. The van der Waals surface area contributed by atoms with Gasteiger partial charge in [0.25, 0.3) is 5.56 Å². The summed E-state index contributed by atoms with van der Waals surface area (Å²) in [5.74, 6) is -0.369. The number of halogens is 2. The van der Waals surface area contributed by atoms with Gasteiger partial charge in [-0.2, -0.15) is 0 Å². The van der Waals surface area contributed by atoms with Gasteiger partial charge in [-0.3, -0.25) is 19.3 Å². The van der Waals surface area contributed by atoms with Crippen molar-refractivity contribution in [2.24, 2.45) is 7.05 Å². The quantitative estimate of drug-likeness (QED) is 0.397. The summed E-state index contributed by atoms with van der Waals surface area (Å²) in [5.41, 5.74) is 1.85. The van der Waals surface area contributed by atoms with Gasteiger partial charge in [0.15, 0.2) is 0 Å². The summed E-state index contributed by atoms with van der Waals surface area (Å²) in [5, 5.41) is 0.671. The summed E-state index contributed by atoms with van der Waals surface area (Å²) in [6.45, 7) is 0. The van der Waals surface area contributed by atoms with Crippen molar-refractivity contribution in [2.45, 2.75) is 12.8 Å². The molecule has 2 aromatic heterocycles. The molecule has 9 heteroatoms. The van der Waals surface area contributed by atoms with E-state index in [0.29, 0.717) is 37.9 Å². The highest BCUT2D eigenvalue weighted by atomic mass is 79.9. The van der Waals surface area contributed by atoms with Crippen molar-refractivity contribution in [3.05, 3.63) is 75.5 Å². The number of benzene rings is 2. The van der Waals surface area contributed by atoms with Gasteiger partial charge in [-0.25, -0.2) is 4.39 Å². The normalized spacial score (nSPS) is 13.8. The van der Waals surface area contributed by atoms with Gasteiger partial charge in [0.1, 0.15) is 22.8 Å². The van der Waals surface area contributed by atoms with E-state index in [1.807, 2.05) is 0 Å². The number of nitrogens with one attached hydrogen (secondary N) is 1. The van der Waals surface area contributed by atoms with Gasteiger partial charge in [-0.05, 0) is 52.3 Å². The van der Waals surface area contributed by atoms with Crippen molar-refractivity contribution in [1.82, 2.24) is 9.55 Å². The lowest BCUT2D eigenvalue weighted by Gasteiger charge is -2.18. The number of aryl methyl sites for hydroxylation is 1. The molecule has 0 unspecified atom stereocenters. The molecule has 166 valence electrons. The summed E-state index contributed by atoms with van der Waals surface area (Å²) >= 11 is 3.13. The highest BCUT2D eigenvalue weighted by Gasteiger charge is 2.31. The second kappa shape index (κ2) is 8.00. The highest BCUT2D eigenvalue weighted by Crippen LogP contribution is 2.41. The number of imide groups is 1. The molecule has 7 nitrogen and oxygen atoms in total. The Balaban J connectivity index is 1.71. The monoisotopic (exact) mass is 509 g/mol. The second-order valence-corrected chi connectivity index (χ2v) is 8.56. The maximum absolute atomic E-state index is 14.1. The minimum Gasteiger partial charge on any atom is -0.457 e. The number of ether oxygens (including phenoxy) is 1. The first-order valence-electron chi connectivity index (χ1n) is 10.1. The van der Waals surface area contributed by atoms with Crippen molar-refractivity contribution in [1.29, 1.82) is 0 Å². The van der Waals surface area contributed by atoms with E-state index < -0.39 is 5.82 Å². The van der Waals surface area contributed by atoms with Crippen molar-refractivity contribution >= 4 is 44.3 Å². The van der Waals surface area contributed by atoms with Gasteiger partial charge in [-0.15, -0.1) is 0 Å². The van der Waals surface area contributed by atoms with Crippen LogP contribution >= 0.6 is 15.9 Å². The zero-order chi connectivity index (χ0) is 23.3. The number of H-pyrrole nitrogens is 1. The van der Waals surface area contributed by atoms with Crippen LogP contribution in [0.5, 0.6) is 11.5 Å². The van der Waals surface area contributed by atoms with Crippen LogP contribution in [-0.4, -0.2) is 21.4 Å². The molecular weight excluding hydrogens is 493 g/mol. The largest absolute Gasteiger partial charge is 0.457 e. The summed E-state index contributed by atoms with van der Waals surface area (Å²) in [6.07, 6.45) is 3.65. The Morgan fingerprint density at radius 3 is 2.48 bits per heavy atom. The van der Waals surface area contributed by atoms with Gasteiger partial charge in [0.05, 0.1) is 10.2 Å². The van der Waals surface area contributed by atoms with Gasteiger partial charge in [0, 0.05) is 54.9 Å². The standard InChI is InChI=1S/C24H17BrFN3O4/c1-28-12-17(15-8-9-27-24(32)23(15)28)16-10-13(29-21(30)6-7-22(29)31)2-5-20(16)33-14-3-4-18(25)19(26)11-14/h2-5,8-12H,6-7H2,1H3,(H,27,32). The van der Waals surface area contributed by atoms with Crippen LogP contribution in [0.1, 0.15) is 12.8 Å². The van der Waals surface area contributed by atoms with Crippen LogP contribution < -0.4 is 15.2 Å². The third-order valence-corrected chi connectivity index (χ3v) is 6.23. The third kappa shape index (κ3) is 3.64. The molecule has 1 saturated heterocycles. The number of aromatic nitrogens is 2. The zero-order valence-electron chi connectivity index (χ0n) is 17.4. The van der Waals surface area contributed by atoms with Crippen molar-refractivity contribution in [3.8, 4) is 22.6 Å². The Labute approximate surface area is 195 Å². The summed E-state index contributed by atoms with van der Waals surface area (Å²) < 4.78 is 22.1. The van der Waals surface area contributed by atoms with Gasteiger partial charge < -0.3 is 14.3 Å². The average molecular weight is 510 g/mol. The molecule has 0 aliphatic carbocycles. The van der Waals surface area contributed by atoms with Gasteiger partial charge in [-0.1, -0.05) is 0 Å². The predicted octanol–water partition coefficient (Wildman–Crippen LogP) is 4.88. The Bertz CT molecular complexity index is 1490. The van der Waals surface area contributed by atoms with E-state index in [0.717, 1.165) is 4.90 Å². The Kier molecular flexibility index (Phi) is 5.13. The fourth-order valence-corrected chi connectivity index (χ4v) is 4.32. The smallest absolute Gasteiger partial charge is 0.272 e. The minimum absolute atomic E-state index is 0.161. The first kappa shape index (κ1) is 21.1. The average Bonchev–Trinajstić information content (AvgIpc) is 3.30. The van der Waals surface area contributed by atoms with Crippen molar-refractivity contribution in [2.75, 3.05) is 4.90 Å². The maximum Gasteiger partial charge on any atom is 0.272 e. The van der Waals surface area contributed by atoms with E-state index in [-0.39, 0.29) is 36.0 Å². The molecule has 2 amide bonds. The van der Waals surface area contributed by atoms with Gasteiger partial charge >= 0.3 is 0 Å². The lowest BCUT2D eigenvalue weighted by Crippen LogP contribution is -2.28. The summed E-state index contributed by atoms with van der Waals surface area (Å²) in [4.78, 5) is 40.9. The molecule has 1 aliphatic rings. The Morgan fingerprint density at radius 1 is 1.00 bits per heavy atom. The van der Waals surface area contributed by atoms with E-state index in [9.17, 15) is 18.8 Å². The molecule has 1 fully saturated rings. The van der Waals surface area contributed by atoms with Gasteiger partial charge in [0.2, 0.25) is 11.8 Å². The minimum atomic E-state index is -0.476. The fourth-order valence-electron chi connectivity index (χ4n) is 4.07. The van der Waals surface area contributed by atoms with Crippen LogP contribution in [0.3, 0.4) is 0 Å². The molecule has 33 heavy (non-hydrogen) atoms. The number of rotatable bonds is 4. The number of anilines is 1. The van der Waals surface area contributed by atoms with Crippen LogP contribution in [-0.2, 0) is 16.6 Å². The molecule has 0 saturated carbocycles. The van der Waals surface area contributed by atoms with Crippen LogP contribution in [0.15, 0.2) is 64.1 Å². The number of pyridine rings is 1. The molecule has 1 N–H and O–H groups in total. The molecule has 3 heterocycles. The van der Waals surface area contributed by atoms with E-state index >= 15 is 0 Å². The number of hydrogen-bond donors (Lipinski definition) is 1. The number of fused-ring (bicyclic) bond motifs is 1. The van der Waals surface area contributed by atoms with Crippen LogP contribution in [0.2, 0.25) is 0 Å². The molecule has 2 aromatic carbocycles. The lowest BCUT2D eigenvalue weighted by molar-refractivity contribution is -0.121. The van der Waals surface area contributed by atoms with Crippen molar-refractivity contribution in [3.63, 3.8) is 0 Å². The number of aromatic amines is 1. The van der Waals surface area contributed by atoms with Crippen LogP contribution in [0, 0.1) is 5.82 Å². The third-order valence-electron chi connectivity index (χ3n) is 5.58. The number of carbonyl (C=O) groups is 2. The number of nitrogens with zero attached hydrogens (tertiary/aromatic N) is 2. The van der Waals surface area contributed by atoms with Crippen LogP contribution in [0.25, 0.3) is 22.0 Å². The van der Waals surface area contributed by atoms with E-state index in [4.69, 9.17) is 4.74 Å². The fraction of sp³-hybridized carbons (Fsp3) is 0.125. The van der Waals surface area contributed by atoms with E-state index in [2.05, 4.69) is 20.9 Å². The number of carbonyl (C=O) groups excluding carboxylic acids is 2. The highest BCUT2D eigenvalue weighted by molar-refractivity contribution is 9.10. The van der Waals surface area contributed by atoms with E-state index in [1.54, 1.807) is 54.3 Å². The summed E-state index contributed by atoms with van der Waals surface area (Å²) in [7, 11) is 1.75. The Hall–Kier alpha value is -3.72. The molecule has 0 bridgehead atoms. The Morgan fingerprint density at radius 2 is 1.76 bits per heavy atom. The first-order valence-corrected chi connectivity index (χ1v) is 10.9. The number of amides is 2. The molecule has 0 radical (unpaired) electrons. The van der Waals surface area contributed by atoms with Crippen molar-refractivity contribution < 1.29 is 18.7 Å². The lowest BCUT2D eigenvalue weighted by atomic mass is 10.0. The second-order valence-electron chi connectivity index (χ2n) is 7.70. The topological polar surface area (TPSA) is 84.4 Å². The first-order chi connectivity index (χ1) is 15.8.